The zero-order chi connectivity index (χ0) is 13.1. The molecule has 1 fully saturated rings. The summed E-state index contributed by atoms with van der Waals surface area (Å²) in [6.45, 7) is 7.08. The van der Waals surface area contributed by atoms with E-state index in [1.807, 2.05) is 0 Å². The Bertz CT molecular complexity index is 174. The molecule has 1 N–H and O–H groups in total. The van der Waals surface area contributed by atoms with Crippen molar-refractivity contribution in [2.24, 2.45) is 0 Å². The fourth-order valence-corrected chi connectivity index (χ4v) is 4.36. The second kappa shape index (κ2) is 10.1. The minimum atomic E-state index is 0.583. The number of nitrogens with one attached hydrogen (secondary N) is 1. The van der Waals surface area contributed by atoms with Crippen molar-refractivity contribution >= 4 is 11.8 Å². The van der Waals surface area contributed by atoms with Crippen LogP contribution in [0.1, 0.15) is 78.1 Å². The molecule has 0 aromatic heterocycles. The van der Waals surface area contributed by atoms with Gasteiger partial charge in [0, 0.05) is 23.6 Å². The minimum absolute atomic E-state index is 0.583. The number of unbranched alkanes of at least 4 members (excludes halogenated alkanes) is 6. The second-order valence-corrected chi connectivity index (χ2v) is 7.39. The third kappa shape index (κ3) is 6.47. The SMILES string of the molecule is CCCCCCC1(CCCCCC)CNCCS1. The van der Waals surface area contributed by atoms with E-state index in [1.165, 1.54) is 83.1 Å². The van der Waals surface area contributed by atoms with Crippen molar-refractivity contribution in [3.63, 3.8) is 0 Å². The van der Waals surface area contributed by atoms with E-state index in [9.17, 15) is 0 Å². The van der Waals surface area contributed by atoms with E-state index in [-0.39, 0.29) is 0 Å². The molecule has 0 amide bonds. The smallest absolute Gasteiger partial charge is 0.0285 e. The molecular weight excluding hydrogens is 238 g/mol. The predicted molar refractivity (Wildman–Crippen MR) is 85.6 cm³/mol. The molecule has 0 unspecified atom stereocenters. The zero-order valence-electron chi connectivity index (χ0n) is 12.6. The van der Waals surface area contributed by atoms with Gasteiger partial charge < -0.3 is 5.32 Å². The van der Waals surface area contributed by atoms with Crippen molar-refractivity contribution in [1.29, 1.82) is 0 Å². The Morgan fingerprint density at radius 2 is 1.50 bits per heavy atom. The van der Waals surface area contributed by atoms with Crippen LogP contribution in [0.3, 0.4) is 0 Å². The molecule has 2 heteroatoms. The van der Waals surface area contributed by atoms with Crippen LogP contribution in [0.4, 0.5) is 0 Å². The summed E-state index contributed by atoms with van der Waals surface area (Å²) in [5.41, 5.74) is 0. The average Bonchev–Trinajstić information content (AvgIpc) is 2.41. The summed E-state index contributed by atoms with van der Waals surface area (Å²) in [6, 6.07) is 0. The number of rotatable bonds is 10. The van der Waals surface area contributed by atoms with Crippen LogP contribution < -0.4 is 5.32 Å². The fraction of sp³-hybridized carbons (Fsp3) is 1.00. The largest absolute Gasteiger partial charge is 0.315 e. The van der Waals surface area contributed by atoms with Gasteiger partial charge in [0.1, 0.15) is 0 Å². The van der Waals surface area contributed by atoms with Crippen LogP contribution in [0.25, 0.3) is 0 Å². The van der Waals surface area contributed by atoms with E-state index < -0.39 is 0 Å². The van der Waals surface area contributed by atoms with Crippen molar-refractivity contribution in [2.45, 2.75) is 82.8 Å². The van der Waals surface area contributed by atoms with Gasteiger partial charge in [-0.3, -0.25) is 0 Å². The summed E-state index contributed by atoms with van der Waals surface area (Å²) in [5.74, 6) is 1.32. The molecule has 0 atom stereocenters. The minimum Gasteiger partial charge on any atom is -0.315 e. The Hall–Kier alpha value is 0.310. The van der Waals surface area contributed by atoms with Gasteiger partial charge in [0.05, 0.1) is 0 Å². The predicted octanol–water partition coefficient (Wildman–Crippen LogP) is 5.00. The molecule has 0 radical (unpaired) electrons. The molecule has 108 valence electrons. The lowest BCUT2D eigenvalue weighted by Crippen LogP contribution is -2.43. The molecule has 0 saturated carbocycles. The zero-order valence-corrected chi connectivity index (χ0v) is 13.4. The lowest BCUT2D eigenvalue weighted by atomic mass is 9.93. The van der Waals surface area contributed by atoms with Gasteiger partial charge >= 0.3 is 0 Å². The molecule has 1 heterocycles. The Balaban J connectivity index is 2.27. The molecule has 0 spiro atoms. The highest BCUT2D eigenvalue weighted by atomic mass is 32.2. The van der Waals surface area contributed by atoms with Crippen LogP contribution in [0.15, 0.2) is 0 Å². The van der Waals surface area contributed by atoms with E-state index >= 15 is 0 Å². The first kappa shape index (κ1) is 16.4. The second-order valence-electron chi connectivity index (χ2n) is 5.83. The highest BCUT2D eigenvalue weighted by Gasteiger charge is 2.31. The number of thioether (sulfide) groups is 1. The third-order valence-corrected chi connectivity index (χ3v) is 5.68. The molecular formula is C16H33NS. The standard InChI is InChI=1S/C16H33NS/c1-3-5-7-9-11-16(12-10-8-6-4-2)15-17-13-14-18-16/h17H,3-15H2,1-2H3. The van der Waals surface area contributed by atoms with Crippen LogP contribution >= 0.6 is 11.8 Å². The van der Waals surface area contributed by atoms with Crippen molar-refractivity contribution in [3.05, 3.63) is 0 Å². The maximum atomic E-state index is 3.64. The van der Waals surface area contributed by atoms with Gasteiger partial charge in [-0.05, 0) is 12.8 Å². The average molecular weight is 272 g/mol. The topological polar surface area (TPSA) is 12.0 Å². The summed E-state index contributed by atoms with van der Waals surface area (Å²) < 4.78 is 0.583. The summed E-state index contributed by atoms with van der Waals surface area (Å²) in [5, 5.41) is 3.64. The van der Waals surface area contributed by atoms with Gasteiger partial charge in [0.15, 0.2) is 0 Å². The van der Waals surface area contributed by atoms with Crippen molar-refractivity contribution in [2.75, 3.05) is 18.8 Å². The summed E-state index contributed by atoms with van der Waals surface area (Å²) in [6.07, 6.45) is 14.2. The first-order valence-corrected chi connectivity index (χ1v) is 9.16. The first-order chi connectivity index (χ1) is 8.83. The Morgan fingerprint density at radius 3 is 1.94 bits per heavy atom. The van der Waals surface area contributed by atoms with E-state index in [2.05, 4.69) is 30.9 Å². The van der Waals surface area contributed by atoms with Crippen LogP contribution in [-0.4, -0.2) is 23.6 Å². The number of hydrogen-bond acceptors (Lipinski definition) is 2. The summed E-state index contributed by atoms with van der Waals surface area (Å²) >= 11 is 2.26. The van der Waals surface area contributed by atoms with Crippen LogP contribution in [0.5, 0.6) is 0 Å². The van der Waals surface area contributed by atoms with Gasteiger partial charge in [-0.1, -0.05) is 65.2 Å². The Labute approximate surface area is 119 Å². The van der Waals surface area contributed by atoms with E-state index in [4.69, 9.17) is 0 Å². The molecule has 1 aliphatic heterocycles. The van der Waals surface area contributed by atoms with E-state index in [0.29, 0.717) is 4.75 Å². The highest BCUT2D eigenvalue weighted by Crippen LogP contribution is 2.37. The molecule has 18 heavy (non-hydrogen) atoms. The quantitative estimate of drug-likeness (QED) is 0.561. The number of hydrogen-bond donors (Lipinski definition) is 1. The molecule has 0 aromatic carbocycles. The molecule has 0 aromatic rings. The van der Waals surface area contributed by atoms with E-state index in [0.717, 1.165) is 0 Å². The maximum Gasteiger partial charge on any atom is 0.0285 e. The van der Waals surface area contributed by atoms with Crippen molar-refractivity contribution in [1.82, 2.24) is 5.32 Å². The monoisotopic (exact) mass is 271 g/mol. The Morgan fingerprint density at radius 1 is 0.889 bits per heavy atom. The molecule has 1 aliphatic rings. The summed E-state index contributed by atoms with van der Waals surface area (Å²) in [7, 11) is 0. The summed E-state index contributed by atoms with van der Waals surface area (Å²) in [4.78, 5) is 0. The third-order valence-electron chi connectivity index (χ3n) is 4.11. The molecule has 0 bridgehead atoms. The van der Waals surface area contributed by atoms with Crippen LogP contribution in [0, 0.1) is 0 Å². The van der Waals surface area contributed by atoms with Crippen LogP contribution in [-0.2, 0) is 0 Å². The lowest BCUT2D eigenvalue weighted by molar-refractivity contribution is 0.417. The van der Waals surface area contributed by atoms with Gasteiger partial charge in [-0.15, -0.1) is 0 Å². The van der Waals surface area contributed by atoms with Gasteiger partial charge in [0.25, 0.3) is 0 Å². The molecule has 1 rings (SSSR count). The Kier molecular flexibility index (Phi) is 9.22. The normalized spacial score (nSPS) is 19.0. The van der Waals surface area contributed by atoms with Crippen molar-refractivity contribution in [3.8, 4) is 0 Å². The molecule has 1 nitrogen and oxygen atoms in total. The van der Waals surface area contributed by atoms with Gasteiger partial charge in [-0.2, -0.15) is 11.8 Å². The van der Waals surface area contributed by atoms with Gasteiger partial charge in [-0.25, -0.2) is 0 Å². The molecule has 1 saturated heterocycles. The fourth-order valence-electron chi connectivity index (χ4n) is 2.90. The first-order valence-electron chi connectivity index (χ1n) is 8.17. The van der Waals surface area contributed by atoms with Crippen LogP contribution in [0.2, 0.25) is 0 Å². The van der Waals surface area contributed by atoms with Crippen molar-refractivity contribution < 1.29 is 0 Å². The van der Waals surface area contributed by atoms with Gasteiger partial charge in [0.2, 0.25) is 0 Å². The lowest BCUT2D eigenvalue weighted by Gasteiger charge is -2.37. The van der Waals surface area contributed by atoms with E-state index in [1.54, 1.807) is 0 Å². The highest BCUT2D eigenvalue weighted by molar-refractivity contribution is 8.00. The maximum absolute atomic E-state index is 3.64. The molecule has 0 aliphatic carbocycles.